The van der Waals surface area contributed by atoms with Gasteiger partial charge in [0.2, 0.25) is 0 Å². The molecule has 0 saturated carbocycles. The van der Waals surface area contributed by atoms with Crippen LogP contribution < -0.4 is 15.5 Å². The summed E-state index contributed by atoms with van der Waals surface area (Å²) in [5.74, 6) is -0.139. The number of amides is 2. The topological polar surface area (TPSA) is 62.6 Å². The van der Waals surface area contributed by atoms with Gasteiger partial charge in [-0.2, -0.15) is 0 Å². The number of hydrogen-bond donors (Lipinski definition) is 3. The predicted octanol–water partition coefficient (Wildman–Crippen LogP) is 2.57. The minimum atomic E-state index is -0.102. The lowest BCUT2D eigenvalue weighted by molar-refractivity contribution is -0.909. The van der Waals surface area contributed by atoms with Gasteiger partial charge in [0.25, 0.3) is 11.8 Å². The summed E-state index contributed by atoms with van der Waals surface area (Å²) in [5.41, 5.74) is 2.39. The van der Waals surface area contributed by atoms with Gasteiger partial charge in [-0.05, 0) is 42.8 Å². The first-order valence-electron chi connectivity index (χ1n) is 10.2. The Balaban J connectivity index is 1.39. The number of thioether (sulfide) groups is 1. The van der Waals surface area contributed by atoms with Gasteiger partial charge in [-0.15, -0.1) is 0 Å². The monoisotopic (exact) mass is 408 g/mol. The second-order valence-corrected chi connectivity index (χ2v) is 8.58. The normalized spacial score (nSPS) is 22.2. The van der Waals surface area contributed by atoms with Gasteiger partial charge in [-0.25, -0.2) is 0 Å². The minimum absolute atomic E-state index is 0.0368. The Hall–Kier alpha value is -2.57. The van der Waals surface area contributed by atoms with E-state index in [0.29, 0.717) is 16.5 Å². The fraction of sp³-hybridized carbons (Fsp3) is 0.304. The molecule has 0 aromatic heterocycles. The molecule has 2 aliphatic rings. The van der Waals surface area contributed by atoms with Gasteiger partial charge in [0.1, 0.15) is 6.04 Å². The summed E-state index contributed by atoms with van der Waals surface area (Å²) < 4.78 is 0. The highest BCUT2D eigenvalue weighted by Crippen LogP contribution is 2.38. The highest BCUT2D eigenvalue weighted by Gasteiger charge is 2.27. The van der Waals surface area contributed by atoms with Crippen LogP contribution in [0, 0.1) is 0 Å². The van der Waals surface area contributed by atoms with Crippen LogP contribution in [0.15, 0.2) is 58.3 Å². The van der Waals surface area contributed by atoms with Crippen molar-refractivity contribution in [3.63, 3.8) is 0 Å². The summed E-state index contributed by atoms with van der Waals surface area (Å²) in [5, 5.41) is 6.00. The van der Waals surface area contributed by atoms with Gasteiger partial charge in [0.15, 0.2) is 0 Å². The van der Waals surface area contributed by atoms with Crippen molar-refractivity contribution in [3.05, 3.63) is 64.6 Å². The zero-order chi connectivity index (χ0) is 20.2. The van der Waals surface area contributed by atoms with E-state index in [1.807, 2.05) is 54.6 Å². The van der Waals surface area contributed by atoms with Gasteiger partial charge >= 0.3 is 0 Å². The van der Waals surface area contributed by atoms with E-state index in [2.05, 4.69) is 17.6 Å². The third kappa shape index (κ3) is 4.54. The molecule has 6 heteroatoms. The first kappa shape index (κ1) is 19.7. The second kappa shape index (κ2) is 8.84. The van der Waals surface area contributed by atoms with Crippen molar-refractivity contribution in [2.75, 3.05) is 25.0 Å². The van der Waals surface area contributed by atoms with E-state index in [1.54, 1.807) is 4.90 Å². The summed E-state index contributed by atoms with van der Waals surface area (Å²) in [4.78, 5) is 28.1. The Labute approximate surface area is 175 Å². The highest BCUT2D eigenvalue weighted by atomic mass is 32.2. The molecular weight excluding hydrogens is 382 g/mol. The zero-order valence-corrected chi connectivity index (χ0v) is 17.4. The predicted molar refractivity (Wildman–Crippen MR) is 117 cm³/mol. The minimum Gasteiger partial charge on any atom is -0.346 e. The number of anilines is 1. The molecule has 2 amide bonds. The number of rotatable bonds is 5. The molecule has 0 aliphatic carbocycles. The SMILES string of the molecule is CC[NH+]1CCCC1CNC(=O)c1ccc(C=C2Sc3ccccc3NC2=O)cc1. The van der Waals surface area contributed by atoms with E-state index in [9.17, 15) is 9.59 Å². The fourth-order valence-corrected chi connectivity index (χ4v) is 4.95. The van der Waals surface area contributed by atoms with E-state index in [0.717, 1.165) is 29.2 Å². The van der Waals surface area contributed by atoms with Crippen molar-refractivity contribution in [2.45, 2.75) is 30.7 Å². The number of para-hydroxylation sites is 1. The Morgan fingerprint density at radius 3 is 2.83 bits per heavy atom. The molecule has 2 aliphatic heterocycles. The molecule has 5 nitrogen and oxygen atoms in total. The number of fused-ring (bicyclic) bond motifs is 1. The van der Waals surface area contributed by atoms with Crippen molar-refractivity contribution < 1.29 is 14.5 Å². The van der Waals surface area contributed by atoms with E-state index in [-0.39, 0.29) is 11.8 Å². The zero-order valence-electron chi connectivity index (χ0n) is 16.5. The average Bonchev–Trinajstić information content (AvgIpc) is 3.20. The average molecular weight is 409 g/mol. The standard InChI is InChI=1S/C23H25N3O2S/c1-2-26-13-5-6-18(26)15-24-22(27)17-11-9-16(10-12-17)14-21-23(28)25-19-7-3-4-8-20(19)29-21/h3-4,7-12,14,18H,2,5-6,13,15H2,1H3,(H,24,27)(H,25,28)/p+1. The van der Waals surface area contributed by atoms with Crippen LogP contribution in [0.25, 0.3) is 6.08 Å². The van der Waals surface area contributed by atoms with E-state index < -0.39 is 0 Å². The van der Waals surface area contributed by atoms with E-state index in [4.69, 9.17) is 0 Å². The van der Waals surface area contributed by atoms with Gasteiger partial charge < -0.3 is 15.5 Å². The van der Waals surface area contributed by atoms with Crippen LogP contribution in [-0.4, -0.2) is 37.5 Å². The molecule has 2 aromatic rings. The largest absolute Gasteiger partial charge is 0.346 e. The molecule has 0 spiro atoms. The first-order valence-corrected chi connectivity index (χ1v) is 11.0. The molecule has 2 heterocycles. The summed E-state index contributed by atoms with van der Waals surface area (Å²) in [7, 11) is 0. The lowest BCUT2D eigenvalue weighted by Gasteiger charge is -2.20. The Morgan fingerprint density at radius 2 is 2.03 bits per heavy atom. The molecular formula is C23H26N3O2S+. The molecule has 2 atom stereocenters. The Bertz CT molecular complexity index is 939. The fourth-order valence-electron chi connectivity index (χ4n) is 4.00. The molecule has 2 unspecified atom stereocenters. The second-order valence-electron chi connectivity index (χ2n) is 7.49. The number of nitrogens with one attached hydrogen (secondary N) is 3. The van der Waals surface area contributed by atoms with Gasteiger partial charge in [0, 0.05) is 23.3 Å². The van der Waals surface area contributed by atoms with Crippen LogP contribution >= 0.6 is 11.8 Å². The lowest BCUT2D eigenvalue weighted by Crippen LogP contribution is -3.14. The van der Waals surface area contributed by atoms with Crippen LogP contribution in [0.2, 0.25) is 0 Å². The quantitative estimate of drug-likeness (QED) is 0.667. The number of benzene rings is 2. The number of likely N-dealkylation sites (N-methyl/N-ethyl adjacent to an activating group) is 1. The van der Waals surface area contributed by atoms with Crippen LogP contribution in [0.4, 0.5) is 5.69 Å². The number of hydrogen-bond acceptors (Lipinski definition) is 3. The van der Waals surface area contributed by atoms with Crippen molar-refractivity contribution in [1.82, 2.24) is 5.32 Å². The third-order valence-electron chi connectivity index (χ3n) is 5.64. The molecule has 4 rings (SSSR count). The van der Waals surface area contributed by atoms with Crippen LogP contribution in [0.1, 0.15) is 35.7 Å². The first-order chi connectivity index (χ1) is 14.1. The van der Waals surface area contributed by atoms with Gasteiger partial charge in [-0.3, -0.25) is 9.59 Å². The van der Waals surface area contributed by atoms with Crippen molar-refractivity contribution in [3.8, 4) is 0 Å². The molecule has 150 valence electrons. The third-order valence-corrected chi connectivity index (χ3v) is 6.74. The number of carbonyl (C=O) groups is 2. The van der Waals surface area contributed by atoms with E-state index >= 15 is 0 Å². The Kier molecular flexibility index (Phi) is 6.02. The van der Waals surface area contributed by atoms with Gasteiger partial charge in [-0.1, -0.05) is 36.0 Å². The molecule has 2 aromatic carbocycles. The van der Waals surface area contributed by atoms with Crippen LogP contribution in [0.5, 0.6) is 0 Å². The van der Waals surface area contributed by atoms with Crippen molar-refractivity contribution in [2.24, 2.45) is 0 Å². The van der Waals surface area contributed by atoms with Crippen LogP contribution in [-0.2, 0) is 4.79 Å². The Morgan fingerprint density at radius 1 is 1.24 bits per heavy atom. The molecule has 1 saturated heterocycles. The molecule has 0 radical (unpaired) electrons. The van der Waals surface area contributed by atoms with E-state index in [1.165, 1.54) is 31.1 Å². The summed E-state index contributed by atoms with van der Waals surface area (Å²) in [6.45, 7) is 5.24. The van der Waals surface area contributed by atoms with Crippen molar-refractivity contribution in [1.29, 1.82) is 0 Å². The molecule has 3 N–H and O–H groups in total. The number of quaternary nitrogens is 1. The molecule has 0 bridgehead atoms. The molecule has 29 heavy (non-hydrogen) atoms. The maximum absolute atomic E-state index is 12.5. The highest BCUT2D eigenvalue weighted by molar-refractivity contribution is 8.04. The summed E-state index contributed by atoms with van der Waals surface area (Å²) in [6, 6.07) is 15.7. The van der Waals surface area contributed by atoms with Crippen LogP contribution in [0.3, 0.4) is 0 Å². The maximum atomic E-state index is 12.5. The number of carbonyl (C=O) groups excluding carboxylic acids is 2. The van der Waals surface area contributed by atoms with Gasteiger partial charge in [0.05, 0.1) is 30.2 Å². The van der Waals surface area contributed by atoms with Crippen molar-refractivity contribution >= 4 is 35.3 Å². The number of likely N-dealkylation sites (tertiary alicyclic amines) is 1. The maximum Gasteiger partial charge on any atom is 0.262 e. The smallest absolute Gasteiger partial charge is 0.262 e. The lowest BCUT2D eigenvalue weighted by atomic mass is 10.1. The summed E-state index contributed by atoms with van der Waals surface area (Å²) in [6.07, 6.45) is 4.28. The summed E-state index contributed by atoms with van der Waals surface area (Å²) >= 11 is 1.46. The molecule has 1 fully saturated rings.